The van der Waals surface area contributed by atoms with Gasteiger partial charge in [-0.2, -0.15) is 0 Å². The second-order valence-electron chi connectivity index (χ2n) is 8.00. The molecule has 0 bridgehead atoms. The molecular formula is C25H29N5O2. The first-order valence-electron chi connectivity index (χ1n) is 11.1. The Labute approximate surface area is 187 Å². The maximum Gasteiger partial charge on any atom is 0.261 e. The third-order valence-electron chi connectivity index (χ3n) is 5.90. The Morgan fingerprint density at radius 1 is 0.969 bits per heavy atom. The molecule has 2 aromatic carbocycles. The predicted octanol–water partition coefficient (Wildman–Crippen LogP) is 3.26. The number of nitrogens with zero attached hydrogens (tertiary/aromatic N) is 2. The van der Waals surface area contributed by atoms with Crippen LogP contribution in [0.2, 0.25) is 0 Å². The van der Waals surface area contributed by atoms with E-state index in [0.29, 0.717) is 17.7 Å². The number of benzene rings is 2. The van der Waals surface area contributed by atoms with Crippen LogP contribution < -0.4 is 10.6 Å². The van der Waals surface area contributed by atoms with Crippen molar-refractivity contribution in [2.45, 2.75) is 26.2 Å². The van der Waals surface area contributed by atoms with Gasteiger partial charge in [0.2, 0.25) is 0 Å². The Bertz CT molecular complexity index is 1130. The fourth-order valence-corrected chi connectivity index (χ4v) is 4.15. The molecule has 0 atom stereocenters. The molecule has 7 nitrogen and oxygen atoms in total. The van der Waals surface area contributed by atoms with Gasteiger partial charge in [0, 0.05) is 43.8 Å². The molecule has 0 fully saturated rings. The van der Waals surface area contributed by atoms with Crippen molar-refractivity contribution in [1.82, 2.24) is 20.5 Å². The first-order chi connectivity index (χ1) is 15.6. The van der Waals surface area contributed by atoms with Gasteiger partial charge in [-0.15, -0.1) is 0 Å². The van der Waals surface area contributed by atoms with Crippen LogP contribution in [0.4, 0.5) is 0 Å². The lowest BCUT2D eigenvalue weighted by Gasteiger charge is -2.15. The minimum absolute atomic E-state index is 0.191. The number of aromatic amines is 1. The Morgan fingerprint density at radius 3 is 2.41 bits per heavy atom. The summed E-state index contributed by atoms with van der Waals surface area (Å²) in [6.07, 6.45) is 4.54. The molecule has 1 aliphatic rings. The summed E-state index contributed by atoms with van der Waals surface area (Å²) in [5, 5.41) is 7.92. The van der Waals surface area contributed by atoms with Crippen LogP contribution in [0.15, 0.2) is 53.7 Å². The first kappa shape index (κ1) is 21.6. The summed E-state index contributed by atoms with van der Waals surface area (Å²) in [5.74, 6) is 0.369. The van der Waals surface area contributed by atoms with Crippen LogP contribution >= 0.6 is 0 Å². The van der Waals surface area contributed by atoms with E-state index >= 15 is 0 Å². The van der Waals surface area contributed by atoms with Gasteiger partial charge in [-0.1, -0.05) is 30.3 Å². The molecule has 0 radical (unpaired) electrons. The van der Waals surface area contributed by atoms with Crippen molar-refractivity contribution >= 4 is 28.7 Å². The normalized spacial score (nSPS) is 13.7. The van der Waals surface area contributed by atoms with E-state index in [9.17, 15) is 9.59 Å². The van der Waals surface area contributed by atoms with Gasteiger partial charge >= 0.3 is 0 Å². The lowest BCUT2D eigenvalue weighted by molar-refractivity contribution is 0.0652. The van der Waals surface area contributed by atoms with Crippen LogP contribution in [-0.2, 0) is 6.42 Å². The van der Waals surface area contributed by atoms with E-state index in [4.69, 9.17) is 0 Å². The number of hydrogen-bond donors (Lipinski definition) is 3. The summed E-state index contributed by atoms with van der Waals surface area (Å²) in [6.45, 7) is 4.03. The Morgan fingerprint density at radius 2 is 1.69 bits per heavy atom. The van der Waals surface area contributed by atoms with Gasteiger partial charge in [0.05, 0.1) is 11.1 Å². The van der Waals surface area contributed by atoms with Crippen molar-refractivity contribution < 1.29 is 9.59 Å². The van der Waals surface area contributed by atoms with Gasteiger partial charge in [-0.25, -0.2) is 0 Å². The van der Waals surface area contributed by atoms with Crippen molar-refractivity contribution in [1.29, 1.82) is 0 Å². The topological polar surface area (TPSA) is 89.6 Å². The molecule has 0 unspecified atom stereocenters. The van der Waals surface area contributed by atoms with Crippen LogP contribution in [0.25, 0.3) is 10.9 Å². The number of rotatable bonds is 8. The number of fused-ring (bicyclic) bond motifs is 2. The van der Waals surface area contributed by atoms with Gasteiger partial charge in [0.15, 0.2) is 5.96 Å². The average molecular weight is 432 g/mol. The number of guanidine groups is 1. The number of imide groups is 1. The molecule has 32 heavy (non-hydrogen) atoms. The molecule has 3 aromatic rings. The van der Waals surface area contributed by atoms with Crippen molar-refractivity contribution in [2.75, 3.05) is 26.7 Å². The van der Waals surface area contributed by atoms with E-state index in [1.165, 1.54) is 26.9 Å². The standard InChI is InChI=1S/C25H29N5O2/c1-17-8-7-11-19-18(16-29-22(17)19)12-14-28-25(26-2)27-13-5-6-15-30-23(31)20-9-3-4-10-21(20)24(30)32/h3-4,7-11,16,29H,5-6,12-15H2,1-2H3,(H2,26,27,28). The molecule has 7 heteroatoms. The molecule has 4 rings (SSSR count). The van der Waals surface area contributed by atoms with Gasteiger partial charge in [-0.3, -0.25) is 19.5 Å². The van der Waals surface area contributed by atoms with Crippen LogP contribution in [0, 0.1) is 6.92 Å². The zero-order valence-corrected chi connectivity index (χ0v) is 18.6. The lowest BCUT2D eigenvalue weighted by atomic mass is 10.1. The summed E-state index contributed by atoms with van der Waals surface area (Å²) < 4.78 is 0. The molecule has 0 saturated heterocycles. The zero-order valence-electron chi connectivity index (χ0n) is 18.6. The number of aryl methyl sites for hydroxylation is 1. The third-order valence-corrected chi connectivity index (χ3v) is 5.90. The van der Waals surface area contributed by atoms with Gasteiger partial charge in [0.1, 0.15) is 0 Å². The molecule has 0 spiro atoms. The fourth-order valence-electron chi connectivity index (χ4n) is 4.15. The summed E-state index contributed by atoms with van der Waals surface area (Å²) in [5.41, 5.74) is 4.74. The smallest absolute Gasteiger partial charge is 0.261 e. The van der Waals surface area contributed by atoms with Crippen LogP contribution in [0.3, 0.4) is 0 Å². The highest BCUT2D eigenvalue weighted by atomic mass is 16.2. The van der Waals surface area contributed by atoms with Crippen molar-refractivity contribution in [2.24, 2.45) is 4.99 Å². The number of aliphatic imine (C=N–C) groups is 1. The maximum absolute atomic E-state index is 12.4. The van der Waals surface area contributed by atoms with Crippen LogP contribution in [0.5, 0.6) is 0 Å². The molecular weight excluding hydrogens is 402 g/mol. The highest BCUT2D eigenvalue weighted by molar-refractivity contribution is 6.21. The van der Waals surface area contributed by atoms with E-state index in [0.717, 1.165) is 38.3 Å². The lowest BCUT2D eigenvalue weighted by Crippen LogP contribution is -2.39. The Kier molecular flexibility index (Phi) is 6.54. The number of carbonyl (C=O) groups is 2. The Balaban J connectivity index is 1.18. The number of aromatic nitrogens is 1. The minimum Gasteiger partial charge on any atom is -0.361 e. The number of unbranched alkanes of at least 4 members (excludes halogenated alkanes) is 1. The predicted molar refractivity (Wildman–Crippen MR) is 127 cm³/mol. The largest absolute Gasteiger partial charge is 0.361 e. The van der Waals surface area contributed by atoms with E-state index < -0.39 is 0 Å². The Hall–Kier alpha value is -3.61. The SMILES string of the molecule is CN=C(NCCCCN1C(=O)c2ccccc2C1=O)NCCc1c[nH]c2c(C)cccc12. The summed E-state index contributed by atoms with van der Waals surface area (Å²) in [6, 6.07) is 13.3. The number of hydrogen-bond acceptors (Lipinski definition) is 3. The number of H-pyrrole nitrogens is 1. The van der Waals surface area contributed by atoms with Crippen molar-refractivity contribution in [3.63, 3.8) is 0 Å². The summed E-state index contributed by atoms with van der Waals surface area (Å²) in [4.78, 5) is 33.8. The molecule has 2 amide bonds. The van der Waals surface area contributed by atoms with Gasteiger partial charge < -0.3 is 15.6 Å². The fraction of sp³-hybridized carbons (Fsp3) is 0.320. The highest BCUT2D eigenvalue weighted by Gasteiger charge is 2.34. The number of nitrogens with one attached hydrogen (secondary N) is 3. The quantitative estimate of drug-likeness (QED) is 0.221. The highest BCUT2D eigenvalue weighted by Crippen LogP contribution is 2.23. The second-order valence-corrected chi connectivity index (χ2v) is 8.00. The van der Waals surface area contributed by atoms with Crippen LogP contribution in [0.1, 0.15) is 44.7 Å². The first-order valence-corrected chi connectivity index (χ1v) is 11.1. The number of carbonyl (C=O) groups excluding carboxylic acids is 2. The van der Waals surface area contributed by atoms with Crippen molar-refractivity contribution in [3.8, 4) is 0 Å². The molecule has 2 heterocycles. The molecule has 0 saturated carbocycles. The molecule has 0 aliphatic carbocycles. The van der Waals surface area contributed by atoms with E-state index in [-0.39, 0.29) is 11.8 Å². The molecule has 166 valence electrons. The van der Waals surface area contributed by atoms with Gasteiger partial charge in [0.25, 0.3) is 11.8 Å². The summed E-state index contributed by atoms with van der Waals surface area (Å²) >= 11 is 0. The third kappa shape index (κ3) is 4.37. The summed E-state index contributed by atoms with van der Waals surface area (Å²) in [7, 11) is 1.75. The number of amides is 2. The van der Waals surface area contributed by atoms with E-state index in [1.807, 2.05) is 0 Å². The van der Waals surface area contributed by atoms with Crippen molar-refractivity contribution in [3.05, 3.63) is 70.9 Å². The zero-order chi connectivity index (χ0) is 22.5. The van der Waals surface area contributed by atoms with Gasteiger partial charge in [-0.05, 0) is 49.4 Å². The molecule has 3 N–H and O–H groups in total. The second kappa shape index (κ2) is 9.68. The minimum atomic E-state index is -0.191. The molecule has 1 aliphatic heterocycles. The van der Waals surface area contributed by atoms with E-state index in [2.05, 4.69) is 51.9 Å². The van der Waals surface area contributed by atoms with Crippen LogP contribution in [-0.4, -0.2) is 54.3 Å². The maximum atomic E-state index is 12.4. The van der Waals surface area contributed by atoms with E-state index in [1.54, 1.807) is 31.3 Å². The monoisotopic (exact) mass is 431 g/mol. The number of para-hydroxylation sites is 1. The average Bonchev–Trinajstić information content (AvgIpc) is 3.33. The molecule has 1 aromatic heterocycles.